The predicted octanol–water partition coefficient (Wildman–Crippen LogP) is 3.07. The molecule has 2 rings (SSSR count). The van der Waals surface area contributed by atoms with Crippen LogP contribution in [0.4, 0.5) is 5.69 Å². The smallest absolute Gasteiger partial charge is 0.345 e. The largest absolute Gasteiger partial charge is 0.477 e. The maximum atomic E-state index is 10.8. The van der Waals surface area contributed by atoms with Gasteiger partial charge in [0, 0.05) is 24.7 Å². The molecule has 0 spiro atoms. The van der Waals surface area contributed by atoms with Crippen LogP contribution in [0.25, 0.3) is 0 Å². The van der Waals surface area contributed by atoms with Gasteiger partial charge in [0.15, 0.2) is 0 Å². The summed E-state index contributed by atoms with van der Waals surface area (Å²) in [4.78, 5) is 13.4. The van der Waals surface area contributed by atoms with E-state index in [1.165, 1.54) is 37.0 Å². The lowest BCUT2D eigenvalue weighted by Gasteiger charge is -2.21. The zero-order valence-corrected chi connectivity index (χ0v) is 10.3. The van der Waals surface area contributed by atoms with Gasteiger partial charge in [0.25, 0.3) is 0 Å². The third-order valence-corrected chi connectivity index (χ3v) is 4.15. The van der Waals surface area contributed by atoms with Crippen LogP contribution in [0.3, 0.4) is 0 Å². The molecule has 4 heteroatoms. The molecule has 1 fully saturated rings. The topological polar surface area (TPSA) is 40.5 Å². The molecule has 0 radical (unpaired) electrons. The highest BCUT2D eigenvalue weighted by molar-refractivity contribution is 7.12. The van der Waals surface area contributed by atoms with Crippen molar-refractivity contribution in [2.75, 3.05) is 18.5 Å². The zero-order chi connectivity index (χ0) is 11.5. The number of anilines is 1. The number of aromatic carboxylic acids is 1. The van der Waals surface area contributed by atoms with Crippen LogP contribution in [0.5, 0.6) is 0 Å². The van der Waals surface area contributed by atoms with E-state index in [0.717, 1.165) is 18.2 Å². The Morgan fingerprint density at radius 2 is 2.25 bits per heavy atom. The van der Waals surface area contributed by atoms with Gasteiger partial charge in [0.2, 0.25) is 0 Å². The van der Waals surface area contributed by atoms with Gasteiger partial charge in [-0.1, -0.05) is 12.8 Å². The lowest BCUT2D eigenvalue weighted by atomic mass is 10.1. The first-order valence-electron chi connectivity index (χ1n) is 5.70. The molecule has 1 heterocycles. The van der Waals surface area contributed by atoms with Crippen LogP contribution in [-0.4, -0.2) is 24.7 Å². The molecule has 1 saturated carbocycles. The predicted molar refractivity (Wildman–Crippen MR) is 66.5 cm³/mol. The van der Waals surface area contributed by atoms with Crippen LogP contribution in [0.15, 0.2) is 11.4 Å². The van der Waals surface area contributed by atoms with E-state index in [9.17, 15) is 4.79 Å². The fourth-order valence-electron chi connectivity index (χ4n) is 2.32. The van der Waals surface area contributed by atoms with Crippen LogP contribution >= 0.6 is 11.3 Å². The number of carboxylic acids is 1. The Kier molecular flexibility index (Phi) is 3.49. The number of rotatable bonds is 4. The van der Waals surface area contributed by atoms with Crippen LogP contribution < -0.4 is 4.90 Å². The van der Waals surface area contributed by atoms with E-state index in [-0.39, 0.29) is 0 Å². The molecule has 1 aromatic rings. The summed E-state index contributed by atoms with van der Waals surface area (Å²) in [5.41, 5.74) is 1.04. The Bertz CT molecular complexity index is 369. The standard InChI is InChI=1S/C12H17NO2S/c1-13(7-9-4-2-3-5-9)10-6-11(12(14)15)16-8-10/h6,8-9H,2-5,7H2,1H3,(H,14,15). The average molecular weight is 239 g/mol. The number of carbonyl (C=O) groups is 1. The molecule has 1 aliphatic rings. The molecule has 1 aromatic heterocycles. The first kappa shape index (κ1) is 11.5. The van der Waals surface area contributed by atoms with E-state index in [1.807, 2.05) is 12.4 Å². The van der Waals surface area contributed by atoms with Crippen LogP contribution in [0.1, 0.15) is 35.4 Å². The number of hydrogen-bond donors (Lipinski definition) is 1. The molecule has 0 bridgehead atoms. The van der Waals surface area contributed by atoms with Crippen molar-refractivity contribution in [3.05, 3.63) is 16.3 Å². The summed E-state index contributed by atoms with van der Waals surface area (Å²) in [5, 5.41) is 10.8. The van der Waals surface area contributed by atoms with Crippen molar-refractivity contribution in [2.45, 2.75) is 25.7 Å². The second kappa shape index (κ2) is 4.87. The molecule has 0 atom stereocenters. The Morgan fingerprint density at radius 1 is 1.56 bits per heavy atom. The van der Waals surface area contributed by atoms with Gasteiger partial charge >= 0.3 is 5.97 Å². The van der Waals surface area contributed by atoms with Crippen molar-refractivity contribution in [3.8, 4) is 0 Å². The molecule has 0 aromatic carbocycles. The summed E-state index contributed by atoms with van der Waals surface area (Å²) in [6.07, 6.45) is 5.34. The number of hydrogen-bond acceptors (Lipinski definition) is 3. The molecule has 1 N–H and O–H groups in total. The molecule has 0 unspecified atom stereocenters. The molecule has 0 aliphatic heterocycles. The third-order valence-electron chi connectivity index (χ3n) is 3.24. The van der Waals surface area contributed by atoms with Crippen molar-refractivity contribution in [3.63, 3.8) is 0 Å². The zero-order valence-electron chi connectivity index (χ0n) is 9.48. The summed E-state index contributed by atoms with van der Waals surface area (Å²) < 4.78 is 0. The van der Waals surface area contributed by atoms with E-state index < -0.39 is 5.97 Å². The SMILES string of the molecule is CN(CC1CCCC1)c1csc(C(=O)O)c1. The van der Waals surface area contributed by atoms with Gasteiger partial charge in [-0.15, -0.1) is 11.3 Å². The average Bonchev–Trinajstić information content (AvgIpc) is 2.86. The van der Waals surface area contributed by atoms with Gasteiger partial charge in [-0.25, -0.2) is 4.79 Å². The summed E-state index contributed by atoms with van der Waals surface area (Å²) in [7, 11) is 2.05. The highest BCUT2D eigenvalue weighted by Crippen LogP contribution is 2.28. The Labute approximate surface area is 99.7 Å². The van der Waals surface area contributed by atoms with E-state index in [4.69, 9.17) is 5.11 Å². The summed E-state index contributed by atoms with van der Waals surface area (Å²) in [6, 6.07) is 1.77. The minimum atomic E-state index is -0.828. The Hall–Kier alpha value is -1.03. The molecule has 16 heavy (non-hydrogen) atoms. The maximum Gasteiger partial charge on any atom is 0.345 e. The van der Waals surface area contributed by atoms with Crippen molar-refractivity contribution >= 4 is 23.0 Å². The summed E-state index contributed by atoms with van der Waals surface area (Å²) >= 11 is 1.30. The fourth-order valence-corrected chi connectivity index (χ4v) is 3.11. The minimum absolute atomic E-state index is 0.424. The first-order chi connectivity index (χ1) is 7.66. The molecule has 0 amide bonds. The van der Waals surface area contributed by atoms with Crippen molar-refractivity contribution in [2.24, 2.45) is 5.92 Å². The highest BCUT2D eigenvalue weighted by atomic mass is 32.1. The summed E-state index contributed by atoms with van der Waals surface area (Å²) in [6.45, 7) is 1.05. The first-order valence-corrected chi connectivity index (χ1v) is 6.58. The fraction of sp³-hybridized carbons (Fsp3) is 0.583. The second-order valence-electron chi connectivity index (χ2n) is 4.51. The number of carboxylic acid groups (broad SMARTS) is 1. The van der Waals surface area contributed by atoms with Crippen molar-refractivity contribution < 1.29 is 9.90 Å². The van der Waals surface area contributed by atoms with E-state index >= 15 is 0 Å². The number of nitrogens with zero attached hydrogens (tertiary/aromatic N) is 1. The maximum absolute atomic E-state index is 10.8. The quantitative estimate of drug-likeness (QED) is 0.877. The van der Waals surface area contributed by atoms with Gasteiger partial charge in [-0.3, -0.25) is 0 Å². The lowest BCUT2D eigenvalue weighted by molar-refractivity contribution is 0.0702. The molecular formula is C12H17NO2S. The molecule has 0 saturated heterocycles. The lowest BCUT2D eigenvalue weighted by Crippen LogP contribution is -2.23. The third kappa shape index (κ3) is 2.55. The van der Waals surface area contributed by atoms with Crippen LogP contribution in [0, 0.1) is 5.92 Å². The van der Waals surface area contributed by atoms with Crippen LogP contribution in [-0.2, 0) is 0 Å². The number of thiophene rings is 1. The molecule has 3 nitrogen and oxygen atoms in total. The monoisotopic (exact) mass is 239 g/mol. The van der Waals surface area contributed by atoms with Gasteiger partial charge in [-0.2, -0.15) is 0 Å². The minimum Gasteiger partial charge on any atom is -0.477 e. The van der Waals surface area contributed by atoms with E-state index in [1.54, 1.807) is 6.07 Å². The second-order valence-corrected chi connectivity index (χ2v) is 5.42. The van der Waals surface area contributed by atoms with Crippen molar-refractivity contribution in [1.29, 1.82) is 0 Å². The van der Waals surface area contributed by atoms with E-state index in [0.29, 0.717) is 4.88 Å². The molecule has 88 valence electrons. The van der Waals surface area contributed by atoms with Gasteiger partial charge < -0.3 is 10.0 Å². The normalized spacial score (nSPS) is 16.6. The van der Waals surface area contributed by atoms with Crippen molar-refractivity contribution in [1.82, 2.24) is 0 Å². The Balaban J connectivity index is 1.96. The van der Waals surface area contributed by atoms with E-state index in [2.05, 4.69) is 4.90 Å². The molecular weight excluding hydrogens is 222 g/mol. The molecule has 1 aliphatic carbocycles. The van der Waals surface area contributed by atoms with Gasteiger partial charge in [-0.05, 0) is 24.8 Å². The Morgan fingerprint density at radius 3 is 2.81 bits per heavy atom. The summed E-state index contributed by atoms with van der Waals surface area (Å²) in [5.74, 6) is -0.0382. The van der Waals surface area contributed by atoms with Crippen LogP contribution in [0.2, 0.25) is 0 Å². The highest BCUT2D eigenvalue weighted by Gasteiger charge is 2.18. The van der Waals surface area contributed by atoms with Gasteiger partial charge in [0.05, 0.1) is 0 Å². The van der Waals surface area contributed by atoms with Gasteiger partial charge in [0.1, 0.15) is 4.88 Å².